The maximum absolute atomic E-state index is 10.6. The van der Waals surface area contributed by atoms with Crippen LogP contribution in [0.4, 0.5) is 5.69 Å². The highest BCUT2D eigenvalue weighted by Crippen LogP contribution is 2.18. The summed E-state index contributed by atoms with van der Waals surface area (Å²) in [5.74, 6) is -1.05. The Morgan fingerprint density at radius 1 is 1.54 bits per heavy atom. The second-order valence-electron chi connectivity index (χ2n) is 2.93. The van der Waals surface area contributed by atoms with Crippen molar-refractivity contribution in [1.82, 2.24) is 0 Å². The zero-order chi connectivity index (χ0) is 10.0. The molecule has 0 bridgehead atoms. The van der Waals surface area contributed by atoms with Crippen LogP contribution in [0.2, 0.25) is 0 Å². The molecule has 0 fully saturated rings. The van der Waals surface area contributed by atoms with Gasteiger partial charge in [0.25, 0.3) is 0 Å². The van der Waals surface area contributed by atoms with Crippen LogP contribution in [0.3, 0.4) is 0 Å². The van der Waals surface area contributed by atoms with E-state index in [1.165, 1.54) is 0 Å². The van der Waals surface area contributed by atoms with E-state index in [-0.39, 0.29) is 0 Å². The molecule has 1 unspecified atom stereocenters. The first-order valence-corrected chi connectivity index (χ1v) is 3.87. The molecule has 1 aromatic rings. The molecule has 0 aliphatic carbocycles. The van der Waals surface area contributed by atoms with Gasteiger partial charge < -0.3 is 16.6 Å². The van der Waals surface area contributed by atoms with Gasteiger partial charge in [-0.1, -0.05) is 6.07 Å². The van der Waals surface area contributed by atoms with E-state index < -0.39 is 12.0 Å². The fraction of sp³-hybridized carbons (Fsp3) is 0.222. The second-order valence-corrected chi connectivity index (χ2v) is 2.93. The first-order valence-electron chi connectivity index (χ1n) is 3.87. The van der Waals surface area contributed by atoms with E-state index in [4.69, 9.17) is 16.6 Å². The Labute approximate surface area is 76.2 Å². The Bertz CT molecular complexity index is 336. The van der Waals surface area contributed by atoms with Gasteiger partial charge in [-0.05, 0) is 30.2 Å². The van der Waals surface area contributed by atoms with Crippen molar-refractivity contribution in [3.8, 4) is 0 Å². The summed E-state index contributed by atoms with van der Waals surface area (Å²) >= 11 is 0. The number of nitrogen functional groups attached to an aromatic ring is 1. The van der Waals surface area contributed by atoms with E-state index in [0.29, 0.717) is 11.3 Å². The van der Waals surface area contributed by atoms with Gasteiger partial charge in [0, 0.05) is 5.69 Å². The third-order valence-electron chi connectivity index (χ3n) is 1.90. The molecule has 4 nitrogen and oxygen atoms in total. The predicted octanol–water partition coefficient (Wildman–Crippen LogP) is 0.662. The van der Waals surface area contributed by atoms with Gasteiger partial charge in [0.1, 0.15) is 6.04 Å². The van der Waals surface area contributed by atoms with Crippen LogP contribution in [-0.2, 0) is 4.79 Å². The van der Waals surface area contributed by atoms with Gasteiger partial charge in [0.2, 0.25) is 0 Å². The Morgan fingerprint density at radius 3 is 2.69 bits per heavy atom. The van der Waals surface area contributed by atoms with Crippen LogP contribution >= 0.6 is 0 Å². The average Bonchev–Trinajstić information content (AvgIpc) is 2.08. The highest BCUT2D eigenvalue weighted by Gasteiger charge is 2.16. The van der Waals surface area contributed by atoms with Crippen molar-refractivity contribution in [2.45, 2.75) is 13.0 Å². The standard InChI is InChI=1S/C9H12N2O2/c1-5-2-3-6(10)4-7(5)8(11)9(12)13/h2-4,8H,10-11H2,1H3,(H,12,13). The summed E-state index contributed by atoms with van der Waals surface area (Å²) in [5, 5.41) is 8.68. The van der Waals surface area contributed by atoms with Gasteiger partial charge in [-0.15, -0.1) is 0 Å². The first kappa shape index (κ1) is 9.54. The number of hydrogen-bond donors (Lipinski definition) is 3. The van der Waals surface area contributed by atoms with Gasteiger partial charge >= 0.3 is 5.97 Å². The van der Waals surface area contributed by atoms with Crippen LogP contribution in [0.15, 0.2) is 18.2 Å². The van der Waals surface area contributed by atoms with Crippen LogP contribution in [0.1, 0.15) is 17.2 Å². The molecule has 70 valence electrons. The Hall–Kier alpha value is -1.55. The van der Waals surface area contributed by atoms with Crippen LogP contribution < -0.4 is 11.5 Å². The van der Waals surface area contributed by atoms with E-state index in [0.717, 1.165) is 5.56 Å². The first-order chi connectivity index (χ1) is 6.02. The minimum absolute atomic E-state index is 0.525. The van der Waals surface area contributed by atoms with Crippen molar-refractivity contribution >= 4 is 11.7 Å². The van der Waals surface area contributed by atoms with E-state index in [9.17, 15) is 4.79 Å². The van der Waals surface area contributed by atoms with Crippen molar-refractivity contribution in [2.75, 3.05) is 5.73 Å². The lowest BCUT2D eigenvalue weighted by Gasteiger charge is -2.10. The van der Waals surface area contributed by atoms with E-state index >= 15 is 0 Å². The van der Waals surface area contributed by atoms with Crippen LogP contribution in [0, 0.1) is 6.92 Å². The number of anilines is 1. The molecular formula is C9H12N2O2. The van der Waals surface area contributed by atoms with Gasteiger partial charge in [0.15, 0.2) is 0 Å². The topological polar surface area (TPSA) is 89.3 Å². The van der Waals surface area contributed by atoms with E-state index in [2.05, 4.69) is 0 Å². The molecular weight excluding hydrogens is 168 g/mol. The molecule has 0 aliphatic heterocycles. The summed E-state index contributed by atoms with van der Waals surface area (Å²) in [6.07, 6.45) is 0. The Kier molecular flexibility index (Phi) is 2.53. The molecule has 1 aromatic carbocycles. The SMILES string of the molecule is Cc1ccc(N)cc1C(N)C(=O)O. The monoisotopic (exact) mass is 180 g/mol. The summed E-state index contributed by atoms with van der Waals surface area (Å²) in [6.45, 7) is 1.80. The molecule has 0 radical (unpaired) electrons. The van der Waals surface area contributed by atoms with Crippen LogP contribution in [0.25, 0.3) is 0 Å². The van der Waals surface area contributed by atoms with Crippen molar-refractivity contribution in [2.24, 2.45) is 5.73 Å². The molecule has 0 saturated carbocycles. The molecule has 0 amide bonds. The number of carboxylic acids is 1. The number of aryl methyl sites for hydroxylation is 1. The second kappa shape index (κ2) is 3.45. The molecule has 0 saturated heterocycles. The van der Waals surface area contributed by atoms with Crippen LogP contribution in [0.5, 0.6) is 0 Å². The minimum atomic E-state index is -1.05. The zero-order valence-corrected chi connectivity index (χ0v) is 7.32. The number of carbonyl (C=O) groups is 1. The van der Waals surface area contributed by atoms with Crippen molar-refractivity contribution in [3.63, 3.8) is 0 Å². The summed E-state index contributed by atoms with van der Waals surface area (Å²) in [6, 6.07) is 4.07. The number of aliphatic carboxylic acids is 1. The lowest BCUT2D eigenvalue weighted by atomic mass is 10.0. The number of benzene rings is 1. The number of nitrogens with two attached hydrogens (primary N) is 2. The normalized spacial score (nSPS) is 12.5. The molecule has 13 heavy (non-hydrogen) atoms. The average molecular weight is 180 g/mol. The van der Waals surface area contributed by atoms with Crippen molar-refractivity contribution in [1.29, 1.82) is 0 Å². The Morgan fingerprint density at radius 2 is 2.15 bits per heavy atom. The van der Waals surface area contributed by atoms with E-state index in [1.807, 2.05) is 0 Å². The van der Waals surface area contributed by atoms with Crippen molar-refractivity contribution < 1.29 is 9.90 Å². The Balaban J connectivity index is 3.12. The quantitative estimate of drug-likeness (QED) is 0.583. The molecule has 0 aliphatic rings. The fourth-order valence-electron chi connectivity index (χ4n) is 1.13. The molecule has 4 heteroatoms. The van der Waals surface area contributed by atoms with Gasteiger partial charge in [0.05, 0.1) is 0 Å². The summed E-state index contributed by atoms with van der Waals surface area (Å²) < 4.78 is 0. The molecule has 1 rings (SSSR count). The highest BCUT2D eigenvalue weighted by atomic mass is 16.4. The highest BCUT2D eigenvalue weighted by molar-refractivity contribution is 5.76. The third kappa shape index (κ3) is 1.97. The zero-order valence-electron chi connectivity index (χ0n) is 7.32. The van der Waals surface area contributed by atoms with E-state index in [1.54, 1.807) is 25.1 Å². The van der Waals surface area contributed by atoms with Crippen LogP contribution in [-0.4, -0.2) is 11.1 Å². The van der Waals surface area contributed by atoms with Crippen molar-refractivity contribution in [3.05, 3.63) is 29.3 Å². The lowest BCUT2D eigenvalue weighted by molar-refractivity contribution is -0.138. The van der Waals surface area contributed by atoms with Gasteiger partial charge in [-0.3, -0.25) is 4.79 Å². The summed E-state index contributed by atoms with van der Waals surface area (Å²) in [7, 11) is 0. The molecule has 0 aromatic heterocycles. The molecule has 0 heterocycles. The lowest BCUT2D eigenvalue weighted by Crippen LogP contribution is -2.21. The molecule has 5 N–H and O–H groups in total. The summed E-state index contributed by atoms with van der Waals surface area (Å²) in [4.78, 5) is 10.6. The maximum Gasteiger partial charge on any atom is 0.325 e. The summed E-state index contributed by atoms with van der Waals surface area (Å²) in [5.41, 5.74) is 12.9. The number of rotatable bonds is 2. The molecule has 0 spiro atoms. The molecule has 1 atom stereocenters. The number of carboxylic acid groups (broad SMARTS) is 1. The van der Waals surface area contributed by atoms with Gasteiger partial charge in [-0.25, -0.2) is 0 Å². The third-order valence-corrected chi connectivity index (χ3v) is 1.90. The largest absolute Gasteiger partial charge is 0.480 e. The maximum atomic E-state index is 10.6. The van der Waals surface area contributed by atoms with Gasteiger partial charge in [-0.2, -0.15) is 0 Å². The fourth-order valence-corrected chi connectivity index (χ4v) is 1.13. The predicted molar refractivity (Wildman–Crippen MR) is 50.2 cm³/mol. The smallest absolute Gasteiger partial charge is 0.325 e. The number of hydrogen-bond acceptors (Lipinski definition) is 3. The minimum Gasteiger partial charge on any atom is -0.480 e.